The molecule has 174 valence electrons. The van der Waals surface area contributed by atoms with E-state index in [-0.39, 0.29) is 6.42 Å². The van der Waals surface area contributed by atoms with Crippen LogP contribution in [0.5, 0.6) is 5.75 Å². The fourth-order valence-electron chi connectivity index (χ4n) is 3.81. The van der Waals surface area contributed by atoms with Crippen molar-refractivity contribution in [3.8, 4) is 5.75 Å². The van der Waals surface area contributed by atoms with Crippen LogP contribution in [0, 0.1) is 0 Å². The maximum absolute atomic E-state index is 11.6. The first-order valence-electron chi connectivity index (χ1n) is 12.2. The quantitative estimate of drug-likeness (QED) is 0.190. The van der Waals surface area contributed by atoms with Gasteiger partial charge in [-0.05, 0) is 55.4 Å². The summed E-state index contributed by atoms with van der Waals surface area (Å²) in [4.78, 5) is 0. The SMILES string of the molecule is CCCCCCCCc1cc(CCCCCCCC)cc(OC(CC)S(=O)(=O)O)c1. The van der Waals surface area contributed by atoms with Gasteiger partial charge in [-0.1, -0.05) is 91.0 Å². The summed E-state index contributed by atoms with van der Waals surface area (Å²) in [6.07, 6.45) is 17.2. The second-order valence-electron chi connectivity index (χ2n) is 8.49. The van der Waals surface area contributed by atoms with Gasteiger partial charge in [-0.2, -0.15) is 8.42 Å². The highest BCUT2D eigenvalue weighted by molar-refractivity contribution is 7.86. The van der Waals surface area contributed by atoms with E-state index < -0.39 is 15.6 Å². The molecule has 5 heteroatoms. The lowest BCUT2D eigenvalue weighted by molar-refractivity contribution is 0.252. The van der Waals surface area contributed by atoms with E-state index in [1.807, 2.05) is 12.1 Å². The van der Waals surface area contributed by atoms with Crippen LogP contribution in [0.25, 0.3) is 0 Å². The molecule has 4 nitrogen and oxygen atoms in total. The Labute approximate surface area is 185 Å². The smallest absolute Gasteiger partial charge is 0.303 e. The van der Waals surface area contributed by atoms with Crippen molar-refractivity contribution < 1.29 is 17.7 Å². The van der Waals surface area contributed by atoms with E-state index in [0.717, 1.165) is 25.7 Å². The van der Waals surface area contributed by atoms with Crippen molar-refractivity contribution in [2.24, 2.45) is 0 Å². The van der Waals surface area contributed by atoms with Gasteiger partial charge in [0.15, 0.2) is 0 Å². The van der Waals surface area contributed by atoms with Crippen LogP contribution in [0.3, 0.4) is 0 Å². The van der Waals surface area contributed by atoms with Gasteiger partial charge in [0.25, 0.3) is 0 Å². The van der Waals surface area contributed by atoms with E-state index >= 15 is 0 Å². The van der Waals surface area contributed by atoms with Crippen LogP contribution in [0.15, 0.2) is 18.2 Å². The lowest BCUT2D eigenvalue weighted by Gasteiger charge is -2.17. The van der Waals surface area contributed by atoms with E-state index in [0.29, 0.717) is 5.75 Å². The van der Waals surface area contributed by atoms with Gasteiger partial charge in [-0.25, -0.2) is 0 Å². The number of unbranched alkanes of at least 4 members (excludes halogenated alkanes) is 10. The summed E-state index contributed by atoms with van der Waals surface area (Å²) >= 11 is 0. The molecule has 0 bridgehead atoms. The molecule has 0 spiro atoms. The summed E-state index contributed by atoms with van der Waals surface area (Å²) in [6, 6.07) is 6.15. The third-order valence-corrected chi connectivity index (χ3v) is 6.69. The highest BCUT2D eigenvalue weighted by Gasteiger charge is 2.23. The maximum Gasteiger partial charge on any atom is 0.303 e. The van der Waals surface area contributed by atoms with Gasteiger partial charge in [-0.3, -0.25) is 4.55 Å². The molecule has 1 unspecified atom stereocenters. The summed E-state index contributed by atoms with van der Waals surface area (Å²) in [6.45, 7) is 6.16. The number of aryl methyl sites for hydroxylation is 2. The topological polar surface area (TPSA) is 63.6 Å². The molecule has 1 N–H and O–H groups in total. The number of benzene rings is 1. The highest BCUT2D eigenvalue weighted by atomic mass is 32.2. The summed E-state index contributed by atoms with van der Waals surface area (Å²) in [5.41, 5.74) is 1.20. The molecule has 1 aromatic rings. The fourth-order valence-corrected chi connectivity index (χ4v) is 4.46. The van der Waals surface area contributed by atoms with E-state index in [4.69, 9.17) is 4.74 Å². The molecule has 1 rings (SSSR count). The van der Waals surface area contributed by atoms with Gasteiger partial charge in [0.1, 0.15) is 5.75 Å². The zero-order valence-electron chi connectivity index (χ0n) is 19.5. The van der Waals surface area contributed by atoms with Crippen molar-refractivity contribution in [2.75, 3.05) is 0 Å². The lowest BCUT2D eigenvalue weighted by atomic mass is 9.99. The average Bonchev–Trinajstić information content (AvgIpc) is 2.70. The Morgan fingerprint density at radius 3 is 1.57 bits per heavy atom. The van der Waals surface area contributed by atoms with E-state index in [9.17, 15) is 13.0 Å². The van der Waals surface area contributed by atoms with Gasteiger partial charge in [0.05, 0.1) is 0 Å². The highest BCUT2D eigenvalue weighted by Crippen LogP contribution is 2.24. The molecule has 1 aromatic carbocycles. The molecule has 0 radical (unpaired) electrons. The second kappa shape index (κ2) is 15.7. The first-order valence-corrected chi connectivity index (χ1v) is 13.7. The maximum atomic E-state index is 11.6. The van der Waals surface area contributed by atoms with Crippen molar-refractivity contribution in [1.29, 1.82) is 0 Å². The largest absolute Gasteiger partial charge is 0.472 e. The van der Waals surface area contributed by atoms with Gasteiger partial charge < -0.3 is 4.74 Å². The summed E-state index contributed by atoms with van der Waals surface area (Å²) < 4.78 is 38.2. The molecule has 0 heterocycles. The molecule has 0 fully saturated rings. The standard InChI is InChI=1S/C25H44O4S/c1-4-7-9-11-13-15-17-22-19-23(18-16-14-12-10-8-5-2)21-24(20-22)29-25(6-3)30(26,27)28/h19-21,25H,4-18H2,1-3H3,(H,26,27,28). The van der Waals surface area contributed by atoms with Crippen LogP contribution in [0.2, 0.25) is 0 Å². The van der Waals surface area contributed by atoms with E-state index in [1.54, 1.807) is 6.92 Å². The minimum Gasteiger partial charge on any atom is -0.472 e. The minimum absolute atomic E-state index is 0.216. The van der Waals surface area contributed by atoms with Gasteiger partial charge in [0.2, 0.25) is 5.44 Å². The molecule has 1 atom stereocenters. The predicted octanol–water partition coefficient (Wildman–Crippen LogP) is 7.50. The molecule has 0 aliphatic heterocycles. The van der Waals surface area contributed by atoms with Crippen LogP contribution >= 0.6 is 0 Å². The number of ether oxygens (including phenoxy) is 1. The first kappa shape index (κ1) is 27.0. The average molecular weight is 441 g/mol. The molecule has 0 aromatic heterocycles. The number of rotatable bonds is 18. The zero-order valence-corrected chi connectivity index (χ0v) is 20.3. The molecule has 0 aliphatic rings. The van der Waals surface area contributed by atoms with Crippen molar-refractivity contribution in [3.63, 3.8) is 0 Å². The van der Waals surface area contributed by atoms with Crippen molar-refractivity contribution in [2.45, 2.75) is 123 Å². The zero-order chi connectivity index (χ0) is 22.2. The Kier molecular flexibility index (Phi) is 14.1. The minimum atomic E-state index is -4.22. The molecule has 0 amide bonds. The Bertz CT molecular complexity index is 635. The van der Waals surface area contributed by atoms with Crippen molar-refractivity contribution in [3.05, 3.63) is 29.3 Å². The summed E-state index contributed by atoms with van der Waals surface area (Å²) in [7, 11) is -4.22. The summed E-state index contributed by atoms with van der Waals surface area (Å²) in [5, 5.41) is 0. The monoisotopic (exact) mass is 440 g/mol. The molecule has 0 saturated carbocycles. The van der Waals surface area contributed by atoms with Crippen LogP contribution < -0.4 is 4.74 Å². The van der Waals surface area contributed by atoms with Gasteiger partial charge in [-0.15, -0.1) is 0 Å². The Balaban J connectivity index is 2.74. The molecule has 30 heavy (non-hydrogen) atoms. The number of hydrogen-bond acceptors (Lipinski definition) is 3. The lowest BCUT2D eigenvalue weighted by Crippen LogP contribution is -2.26. The summed E-state index contributed by atoms with van der Waals surface area (Å²) in [5.74, 6) is 0.559. The van der Waals surface area contributed by atoms with Crippen LogP contribution in [-0.2, 0) is 23.0 Å². The van der Waals surface area contributed by atoms with Gasteiger partial charge in [0, 0.05) is 0 Å². The number of hydrogen-bond donors (Lipinski definition) is 1. The third-order valence-electron chi connectivity index (χ3n) is 5.60. The van der Waals surface area contributed by atoms with E-state index in [2.05, 4.69) is 19.9 Å². The van der Waals surface area contributed by atoms with E-state index in [1.165, 1.54) is 75.3 Å². The normalized spacial score (nSPS) is 12.8. The van der Waals surface area contributed by atoms with Crippen molar-refractivity contribution in [1.82, 2.24) is 0 Å². The van der Waals surface area contributed by atoms with Crippen molar-refractivity contribution >= 4 is 10.1 Å². The molecule has 0 aliphatic carbocycles. The fraction of sp³-hybridized carbons (Fsp3) is 0.760. The van der Waals surface area contributed by atoms with Crippen LogP contribution in [0.4, 0.5) is 0 Å². The first-order chi connectivity index (χ1) is 14.4. The second-order valence-corrected chi connectivity index (χ2v) is 10.0. The molecular weight excluding hydrogens is 396 g/mol. The third kappa shape index (κ3) is 11.9. The van der Waals surface area contributed by atoms with Crippen LogP contribution in [-0.4, -0.2) is 18.4 Å². The molecule has 0 saturated heterocycles. The molecular formula is C25H44O4S. The van der Waals surface area contributed by atoms with Crippen LogP contribution in [0.1, 0.15) is 115 Å². The Hall–Kier alpha value is -1.07. The Morgan fingerprint density at radius 2 is 1.17 bits per heavy atom. The van der Waals surface area contributed by atoms with Gasteiger partial charge >= 0.3 is 10.1 Å². The Morgan fingerprint density at radius 1 is 0.733 bits per heavy atom. The predicted molar refractivity (Wildman–Crippen MR) is 127 cm³/mol.